The van der Waals surface area contributed by atoms with Crippen molar-refractivity contribution in [3.63, 3.8) is 0 Å². The molecule has 0 bridgehead atoms. The Morgan fingerprint density at radius 2 is 2.11 bits per heavy atom. The molecule has 0 heterocycles. The molecule has 5 heteroatoms. The number of halogens is 2. The summed E-state index contributed by atoms with van der Waals surface area (Å²) in [5.41, 5.74) is 5.97. The molecule has 3 nitrogen and oxygen atoms in total. The van der Waals surface area contributed by atoms with Crippen LogP contribution in [0.15, 0.2) is 18.2 Å². The van der Waals surface area contributed by atoms with Gasteiger partial charge in [-0.1, -0.05) is 26.3 Å². The maximum atomic E-state index is 13.3. The summed E-state index contributed by atoms with van der Waals surface area (Å²) in [6.45, 7) is 3.83. The summed E-state index contributed by atoms with van der Waals surface area (Å²) < 4.78 is 26.0. The molecule has 1 aromatic carbocycles. The molecule has 0 aliphatic heterocycles. The van der Waals surface area contributed by atoms with Crippen molar-refractivity contribution >= 4 is 5.91 Å². The monoisotopic (exact) mass is 256 g/mol. The third-order valence-corrected chi connectivity index (χ3v) is 3.03. The quantitative estimate of drug-likeness (QED) is 0.846. The third-order valence-electron chi connectivity index (χ3n) is 3.03. The molecule has 1 amide bonds. The Kier molecular flexibility index (Phi) is 5.22. The average molecular weight is 256 g/mol. The van der Waals surface area contributed by atoms with Crippen LogP contribution in [-0.2, 0) is 11.3 Å². The van der Waals surface area contributed by atoms with E-state index in [1.807, 2.05) is 13.8 Å². The SMILES string of the molecule is CCC(C)C(N)C(=O)NCc1ccc(F)cc1F. The molecule has 18 heavy (non-hydrogen) atoms. The number of carbonyl (C=O) groups is 1. The second kappa shape index (κ2) is 6.44. The average Bonchev–Trinajstić information content (AvgIpc) is 2.35. The number of hydrogen-bond donors (Lipinski definition) is 2. The van der Waals surface area contributed by atoms with Gasteiger partial charge in [0.15, 0.2) is 0 Å². The van der Waals surface area contributed by atoms with Gasteiger partial charge < -0.3 is 11.1 Å². The number of rotatable bonds is 5. The molecule has 3 N–H and O–H groups in total. The molecule has 0 aliphatic rings. The first kappa shape index (κ1) is 14.6. The van der Waals surface area contributed by atoms with Crippen LogP contribution in [0.2, 0.25) is 0 Å². The van der Waals surface area contributed by atoms with E-state index < -0.39 is 17.7 Å². The van der Waals surface area contributed by atoms with Crippen LogP contribution >= 0.6 is 0 Å². The molecule has 0 saturated carbocycles. The summed E-state index contributed by atoms with van der Waals surface area (Å²) in [6.07, 6.45) is 0.791. The van der Waals surface area contributed by atoms with Gasteiger partial charge in [-0.3, -0.25) is 4.79 Å². The topological polar surface area (TPSA) is 55.1 Å². The molecule has 0 spiro atoms. The zero-order chi connectivity index (χ0) is 13.7. The highest BCUT2D eigenvalue weighted by Gasteiger charge is 2.19. The minimum absolute atomic E-state index is 0.00901. The fourth-order valence-corrected chi connectivity index (χ4v) is 1.48. The van der Waals surface area contributed by atoms with E-state index in [0.717, 1.165) is 18.6 Å². The first-order valence-corrected chi connectivity index (χ1v) is 5.93. The van der Waals surface area contributed by atoms with Crippen LogP contribution in [0, 0.1) is 17.6 Å². The van der Waals surface area contributed by atoms with Crippen molar-refractivity contribution in [3.05, 3.63) is 35.4 Å². The molecule has 0 saturated heterocycles. The summed E-state index contributed by atoms with van der Waals surface area (Å²) in [6, 6.07) is 2.63. The Morgan fingerprint density at radius 3 is 2.67 bits per heavy atom. The van der Waals surface area contributed by atoms with Gasteiger partial charge in [0, 0.05) is 18.2 Å². The van der Waals surface area contributed by atoms with Crippen molar-refractivity contribution < 1.29 is 13.6 Å². The molecule has 100 valence electrons. The highest BCUT2D eigenvalue weighted by molar-refractivity contribution is 5.81. The van der Waals surface area contributed by atoms with Crippen molar-refractivity contribution in [2.24, 2.45) is 11.7 Å². The number of nitrogens with one attached hydrogen (secondary N) is 1. The Balaban J connectivity index is 2.57. The highest BCUT2D eigenvalue weighted by Crippen LogP contribution is 2.10. The number of amides is 1. The zero-order valence-corrected chi connectivity index (χ0v) is 10.5. The Morgan fingerprint density at radius 1 is 1.44 bits per heavy atom. The van der Waals surface area contributed by atoms with Crippen molar-refractivity contribution in [2.45, 2.75) is 32.9 Å². The Labute approximate surface area is 105 Å². The zero-order valence-electron chi connectivity index (χ0n) is 10.5. The van der Waals surface area contributed by atoms with E-state index in [1.165, 1.54) is 6.07 Å². The maximum absolute atomic E-state index is 13.3. The summed E-state index contributed by atoms with van der Waals surface area (Å²) >= 11 is 0. The van der Waals surface area contributed by atoms with E-state index in [1.54, 1.807) is 0 Å². The number of carbonyl (C=O) groups excluding carboxylic acids is 1. The largest absolute Gasteiger partial charge is 0.351 e. The lowest BCUT2D eigenvalue weighted by Gasteiger charge is -2.17. The van der Waals surface area contributed by atoms with E-state index in [4.69, 9.17) is 5.73 Å². The molecule has 0 radical (unpaired) electrons. The minimum Gasteiger partial charge on any atom is -0.351 e. The van der Waals surface area contributed by atoms with E-state index in [-0.39, 0.29) is 23.9 Å². The van der Waals surface area contributed by atoms with Crippen LogP contribution in [0.1, 0.15) is 25.8 Å². The van der Waals surface area contributed by atoms with Gasteiger partial charge in [-0.05, 0) is 12.0 Å². The molecule has 1 rings (SSSR count). The van der Waals surface area contributed by atoms with Gasteiger partial charge in [0.2, 0.25) is 5.91 Å². The van der Waals surface area contributed by atoms with E-state index >= 15 is 0 Å². The summed E-state index contributed by atoms with van der Waals surface area (Å²) in [5, 5.41) is 2.55. The number of benzene rings is 1. The Bertz CT molecular complexity index is 423. The first-order valence-electron chi connectivity index (χ1n) is 5.93. The summed E-state index contributed by atoms with van der Waals surface area (Å²) in [5.74, 6) is -1.58. The lowest BCUT2D eigenvalue weighted by molar-refractivity contribution is -0.123. The lowest BCUT2D eigenvalue weighted by Crippen LogP contribution is -2.44. The molecule has 0 fully saturated rings. The van der Waals surface area contributed by atoms with Crippen molar-refractivity contribution in [3.8, 4) is 0 Å². The van der Waals surface area contributed by atoms with Gasteiger partial charge >= 0.3 is 0 Å². The van der Waals surface area contributed by atoms with Crippen LogP contribution in [0.3, 0.4) is 0 Å². The first-order chi connectivity index (χ1) is 8.45. The summed E-state index contributed by atoms with van der Waals surface area (Å²) in [7, 11) is 0. The number of nitrogens with two attached hydrogens (primary N) is 1. The van der Waals surface area contributed by atoms with Gasteiger partial charge in [0.05, 0.1) is 6.04 Å². The lowest BCUT2D eigenvalue weighted by atomic mass is 9.99. The fraction of sp³-hybridized carbons (Fsp3) is 0.462. The molecule has 0 aliphatic carbocycles. The van der Waals surface area contributed by atoms with Gasteiger partial charge in [-0.15, -0.1) is 0 Å². The van der Waals surface area contributed by atoms with Gasteiger partial charge in [0.25, 0.3) is 0 Å². The standard InChI is InChI=1S/C13H18F2N2O/c1-3-8(2)12(16)13(18)17-7-9-4-5-10(14)6-11(9)15/h4-6,8,12H,3,7,16H2,1-2H3,(H,17,18). The van der Waals surface area contributed by atoms with Crippen molar-refractivity contribution in [1.29, 1.82) is 0 Å². The van der Waals surface area contributed by atoms with Crippen LogP contribution in [0.4, 0.5) is 8.78 Å². The predicted molar refractivity (Wildman–Crippen MR) is 65.6 cm³/mol. The van der Waals surface area contributed by atoms with E-state index in [2.05, 4.69) is 5.32 Å². The van der Waals surface area contributed by atoms with E-state index in [0.29, 0.717) is 0 Å². The second-order valence-corrected chi connectivity index (χ2v) is 4.36. The molecule has 0 aromatic heterocycles. The summed E-state index contributed by atoms with van der Waals surface area (Å²) in [4.78, 5) is 11.7. The minimum atomic E-state index is -0.674. The van der Waals surface area contributed by atoms with E-state index in [9.17, 15) is 13.6 Å². The smallest absolute Gasteiger partial charge is 0.237 e. The predicted octanol–water partition coefficient (Wildman–Crippen LogP) is 1.95. The molecular weight excluding hydrogens is 238 g/mol. The highest BCUT2D eigenvalue weighted by atomic mass is 19.1. The van der Waals surface area contributed by atoms with Crippen LogP contribution in [-0.4, -0.2) is 11.9 Å². The molecule has 2 unspecified atom stereocenters. The molecular formula is C13H18F2N2O. The Hall–Kier alpha value is -1.49. The molecule has 1 aromatic rings. The number of hydrogen-bond acceptors (Lipinski definition) is 2. The third kappa shape index (κ3) is 3.77. The molecule has 2 atom stereocenters. The van der Waals surface area contributed by atoms with Gasteiger partial charge in [-0.25, -0.2) is 8.78 Å². The van der Waals surface area contributed by atoms with Crippen LogP contribution < -0.4 is 11.1 Å². The normalized spacial score (nSPS) is 14.1. The van der Waals surface area contributed by atoms with Gasteiger partial charge in [-0.2, -0.15) is 0 Å². The maximum Gasteiger partial charge on any atom is 0.237 e. The van der Waals surface area contributed by atoms with Crippen molar-refractivity contribution in [1.82, 2.24) is 5.32 Å². The van der Waals surface area contributed by atoms with Crippen LogP contribution in [0.5, 0.6) is 0 Å². The van der Waals surface area contributed by atoms with Crippen molar-refractivity contribution in [2.75, 3.05) is 0 Å². The second-order valence-electron chi connectivity index (χ2n) is 4.36. The van der Waals surface area contributed by atoms with Gasteiger partial charge in [0.1, 0.15) is 11.6 Å². The van der Waals surface area contributed by atoms with Crippen LogP contribution in [0.25, 0.3) is 0 Å². The fourth-order valence-electron chi connectivity index (χ4n) is 1.48.